The van der Waals surface area contributed by atoms with Crippen LogP contribution in [0.3, 0.4) is 0 Å². The molecule has 0 saturated carbocycles. The summed E-state index contributed by atoms with van der Waals surface area (Å²) in [5, 5.41) is 12.9. The third kappa shape index (κ3) is 2.98. The molecule has 17 heavy (non-hydrogen) atoms. The first-order valence-corrected chi connectivity index (χ1v) is 6.94. The molecule has 1 aromatic heterocycles. The number of hydrogen-bond donors (Lipinski definition) is 2. The molecule has 1 rings (SSSR count). The van der Waals surface area contributed by atoms with Crippen LogP contribution in [0.1, 0.15) is 20.3 Å². The lowest BCUT2D eigenvalue weighted by Crippen LogP contribution is -2.48. The van der Waals surface area contributed by atoms with Gasteiger partial charge in [-0.2, -0.15) is 5.10 Å². The Morgan fingerprint density at radius 2 is 2.24 bits per heavy atom. The monoisotopic (exact) mass is 281 g/mol. The molecular formula is C9H16ClN3O3S. The predicted octanol–water partition coefficient (Wildman–Crippen LogP) is 0.513. The van der Waals surface area contributed by atoms with Gasteiger partial charge in [-0.3, -0.25) is 4.68 Å². The first-order valence-electron chi connectivity index (χ1n) is 5.08. The van der Waals surface area contributed by atoms with Crippen molar-refractivity contribution < 1.29 is 13.5 Å². The van der Waals surface area contributed by atoms with E-state index in [1.807, 2.05) is 0 Å². The number of aliphatic hydroxyl groups is 1. The minimum atomic E-state index is -3.80. The van der Waals surface area contributed by atoms with Gasteiger partial charge in [0.15, 0.2) is 5.03 Å². The highest BCUT2D eigenvalue weighted by molar-refractivity contribution is 7.89. The number of aromatic nitrogens is 2. The largest absolute Gasteiger partial charge is 0.394 e. The molecule has 0 aliphatic rings. The van der Waals surface area contributed by atoms with Crippen molar-refractivity contribution in [2.75, 3.05) is 6.61 Å². The normalized spacial score (nSPS) is 15.8. The Kier molecular flexibility index (Phi) is 4.19. The second-order valence-corrected chi connectivity index (χ2v) is 6.10. The molecule has 0 fully saturated rings. The fourth-order valence-corrected chi connectivity index (χ4v) is 3.42. The quantitative estimate of drug-likeness (QED) is 0.824. The lowest BCUT2D eigenvalue weighted by Gasteiger charge is -2.26. The van der Waals surface area contributed by atoms with Gasteiger partial charge >= 0.3 is 0 Å². The van der Waals surface area contributed by atoms with Gasteiger partial charge in [-0.25, -0.2) is 13.1 Å². The molecule has 98 valence electrons. The third-order valence-electron chi connectivity index (χ3n) is 2.61. The number of nitrogens with one attached hydrogen (secondary N) is 1. The summed E-state index contributed by atoms with van der Waals surface area (Å²) in [6.45, 7) is 3.11. The van der Waals surface area contributed by atoms with Gasteiger partial charge in [0.2, 0.25) is 0 Å². The van der Waals surface area contributed by atoms with Crippen molar-refractivity contribution in [2.24, 2.45) is 7.05 Å². The van der Waals surface area contributed by atoms with Crippen molar-refractivity contribution in [3.05, 3.63) is 11.2 Å². The van der Waals surface area contributed by atoms with Crippen LogP contribution in [0.15, 0.2) is 11.2 Å². The fraction of sp³-hybridized carbons (Fsp3) is 0.667. The topological polar surface area (TPSA) is 84.2 Å². The maximum atomic E-state index is 12.1. The van der Waals surface area contributed by atoms with E-state index in [1.54, 1.807) is 13.8 Å². The zero-order valence-corrected chi connectivity index (χ0v) is 11.5. The van der Waals surface area contributed by atoms with Gasteiger partial charge in [-0.15, -0.1) is 0 Å². The van der Waals surface area contributed by atoms with Gasteiger partial charge in [0.05, 0.1) is 23.4 Å². The molecule has 1 unspecified atom stereocenters. The van der Waals surface area contributed by atoms with Gasteiger partial charge in [0, 0.05) is 7.05 Å². The highest BCUT2D eigenvalue weighted by atomic mass is 35.5. The Morgan fingerprint density at radius 3 is 2.59 bits per heavy atom. The second kappa shape index (κ2) is 4.93. The van der Waals surface area contributed by atoms with Crippen LogP contribution in [0.25, 0.3) is 0 Å². The minimum Gasteiger partial charge on any atom is -0.394 e. The van der Waals surface area contributed by atoms with Gasteiger partial charge < -0.3 is 5.11 Å². The minimum absolute atomic E-state index is 0.0522. The molecule has 0 aliphatic carbocycles. The van der Waals surface area contributed by atoms with Crippen LogP contribution in [-0.2, 0) is 17.1 Å². The van der Waals surface area contributed by atoms with Crippen LogP contribution in [-0.4, -0.2) is 35.5 Å². The van der Waals surface area contributed by atoms with E-state index in [1.165, 1.54) is 17.9 Å². The molecule has 6 nitrogen and oxygen atoms in total. The zero-order chi connectivity index (χ0) is 13.3. The second-order valence-electron chi connectivity index (χ2n) is 4.10. The molecule has 1 heterocycles. The number of rotatable bonds is 5. The maximum absolute atomic E-state index is 12.1. The first kappa shape index (κ1) is 14.4. The van der Waals surface area contributed by atoms with Crippen LogP contribution in [0, 0.1) is 0 Å². The molecule has 2 N–H and O–H groups in total. The summed E-state index contributed by atoms with van der Waals surface area (Å²) in [6, 6.07) is 0. The van der Waals surface area contributed by atoms with Crippen molar-refractivity contribution in [3.8, 4) is 0 Å². The third-order valence-corrected chi connectivity index (χ3v) is 4.75. The summed E-state index contributed by atoms with van der Waals surface area (Å²) in [4.78, 5) is 0. The molecule has 0 amide bonds. The Labute approximate surface area is 106 Å². The average Bonchev–Trinajstić information content (AvgIpc) is 2.58. The first-order chi connectivity index (χ1) is 7.75. The van der Waals surface area contributed by atoms with Crippen LogP contribution in [0.5, 0.6) is 0 Å². The summed E-state index contributed by atoms with van der Waals surface area (Å²) in [6.07, 6.45) is 1.72. The van der Waals surface area contributed by atoms with E-state index in [9.17, 15) is 13.5 Å². The van der Waals surface area contributed by atoms with Crippen molar-refractivity contribution in [2.45, 2.75) is 30.8 Å². The fourth-order valence-electron chi connectivity index (χ4n) is 1.29. The molecule has 0 spiro atoms. The highest BCUT2D eigenvalue weighted by Gasteiger charge is 2.31. The Morgan fingerprint density at radius 1 is 1.65 bits per heavy atom. The lowest BCUT2D eigenvalue weighted by molar-refractivity contribution is 0.191. The van der Waals surface area contributed by atoms with Crippen molar-refractivity contribution in [1.29, 1.82) is 0 Å². The molecule has 1 atom stereocenters. The Balaban J connectivity index is 3.14. The smallest absolute Gasteiger partial charge is 0.259 e. The molecule has 0 saturated heterocycles. The summed E-state index contributed by atoms with van der Waals surface area (Å²) in [7, 11) is -2.31. The SMILES string of the molecule is CCC(C)(CO)NS(=O)(=O)c1c(Cl)cnn1C. The predicted molar refractivity (Wildman–Crippen MR) is 64.3 cm³/mol. The van der Waals surface area contributed by atoms with E-state index < -0.39 is 15.6 Å². The number of hydrogen-bond acceptors (Lipinski definition) is 4. The maximum Gasteiger partial charge on any atom is 0.259 e. The zero-order valence-electron chi connectivity index (χ0n) is 9.94. The van der Waals surface area contributed by atoms with Crippen molar-refractivity contribution in [3.63, 3.8) is 0 Å². The number of halogens is 1. The summed E-state index contributed by atoms with van der Waals surface area (Å²) < 4.78 is 27.8. The number of aliphatic hydroxyl groups excluding tert-OH is 1. The Hall–Kier alpha value is -0.630. The van der Waals surface area contributed by atoms with Crippen LogP contribution in [0.4, 0.5) is 0 Å². The van der Waals surface area contributed by atoms with Gasteiger partial charge in [-0.1, -0.05) is 18.5 Å². The molecule has 0 aromatic carbocycles. The molecule has 0 aliphatic heterocycles. The van der Waals surface area contributed by atoms with E-state index in [-0.39, 0.29) is 16.7 Å². The van der Waals surface area contributed by atoms with Crippen LogP contribution in [0.2, 0.25) is 5.02 Å². The van der Waals surface area contributed by atoms with Gasteiger partial charge in [0.1, 0.15) is 0 Å². The molecule has 0 bridgehead atoms. The number of sulfonamides is 1. The lowest BCUT2D eigenvalue weighted by atomic mass is 10.0. The highest BCUT2D eigenvalue weighted by Crippen LogP contribution is 2.22. The number of aryl methyl sites for hydroxylation is 1. The van der Waals surface area contributed by atoms with E-state index >= 15 is 0 Å². The summed E-state index contributed by atoms with van der Waals surface area (Å²) in [5.41, 5.74) is -0.910. The molecule has 0 radical (unpaired) electrons. The van der Waals surface area contributed by atoms with E-state index in [0.29, 0.717) is 6.42 Å². The molecule has 8 heteroatoms. The van der Waals surface area contributed by atoms with Gasteiger partial charge in [0.25, 0.3) is 10.0 Å². The van der Waals surface area contributed by atoms with E-state index in [2.05, 4.69) is 9.82 Å². The molecule has 1 aromatic rings. The number of nitrogens with zero attached hydrogens (tertiary/aromatic N) is 2. The van der Waals surface area contributed by atoms with Crippen LogP contribution < -0.4 is 4.72 Å². The standard InChI is InChI=1S/C9H16ClN3O3S/c1-4-9(2,6-14)12-17(15,16)8-7(10)5-11-13(8)3/h5,12,14H,4,6H2,1-3H3. The summed E-state index contributed by atoms with van der Waals surface area (Å²) >= 11 is 5.78. The average molecular weight is 282 g/mol. The van der Waals surface area contributed by atoms with E-state index in [0.717, 1.165) is 0 Å². The van der Waals surface area contributed by atoms with Crippen molar-refractivity contribution in [1.82, 2.24) is 14.5 Å². The van der Waals surface area contributed by atoms with Crippen molar-refractivity contribution >= 4 is 21.6 Å². The summed E-state index contributed by atoms with van der Waals surface area (Å²) in [5.74, 6) is 0. The van der Waals surface area contributed by atoms with E-state index in [4.69, 9.17) is 11.6 Å². The Bertz CT molecular complexity index is 474. The van der Waals surface area contributed by atoms with Crippen LogP contribution >= 0.6 is 11.6 Å². The molecular weight excluding hydrogens is 266 g/mol. The van der Waals surface area contributed by atoms with Gasteiger partial charge in [-0.05, 0) is 13.3 Å².